The average Bonchev–Trinajstić information content (AvgIpc) is 3.60. The van der Waals surface area contributed by atoms with Crippen molar-refractivity contribution in [3.63, 3.8) is 0 Å². The van der Waals surface area contributed by atoms with Gasteiger partial charge in [-0.25, -0.2) is 18.7 Å². The topological polar surface area (TPSA) is 53.6 Å². The molecule has 0 saturated heterocycles. The summed E-state index contributed by atoms with van der Waals surface area (Å²) < 4.78 is 28.5. The fraction of sp³-hybridized carbons (Fsp3) is 0.429. The largest absolute Gasteiger partial charge is 0.366 e. The van der Waals surface area contributed by atoms with Crippen LogP contribution in [0.25, 0.3) is 33.2 Å². The zero-order valence-electron chi connectivity index (χ0n) is 19.2. The van der Waals surface area contributed by atoms with Crippen molar-refractivity contribution in [3.8, 4) is 11.4 Å². The monoisotopic (exact) mass is 458 g/mol. The number of nitrogens with zero attached hydrogens (tertiary/aromatic N) is 2. The van der Waals surface area contributed by atoms with Crippen LogP contribution in [0.1, 0.15) is 56.9 Å². The van der Waals surface area contributed by atoms with Crippen molar-refractivity contribution in [1.29, 1.82) is 0 Å². The highest BCUT2D eigenvalue weighted by atomic mass is 19.1. The first-order chi connectivity index (χ1) is 16.6. The molecule has 4 nitrogen and oxygen atoms in total. The van der Waals surface area contributed by atoms with Gasteiger partial charge in [-0.1, -0.05) is 19.1 Å². The van der Waals surface area contributed by atoms with Gasteiger partial charge in [-0.15, -0.1) is 0 Å². The van der Waals surface area contributed by atoms with Gasteiger partial charge in [-0.05, 0) is 79.9 Å². The number of halogens is 2. The second kappa shape index (κ2) is 7.49. The second-order valence-electron chi connectivity index (χ2n) is 10.6. The highest BCUT2D eigenvalue weighted by molar-refractivity contribution is 5.98. The van der Waals surface area contributed by atoms with Crippen LogP contribution in [0.15, 0.2) is 36.5 Å². The Kier molecular flexibility index (Phi) is 4.49. The van der Waals surface area contributed by atoms with E-state index in [4.69, 9.17) is 9.97 Å². The number of aromatic nitrogens is 3. The van der Waals surface area contributed by atoms with Crippen LogP contribution in [0.5, 0.6) is 0 Å². The minimum absolute atomic E-state index is 0.281. The molecule has 0 aliphatic heterocycles. The van der Waals surface area contributed by atoms with Crippen LogP contribution in [-0.2, 0) is 0 Å². The van der Waals surface area contributed by atoms with E-state index in [2.05, 4.69) is 35.4 Å². The summed E-state index contributed by atoms with van der Waals surface area (Å²) >= 11 is 0. The minimum Gasteiger partial charge on any atom is -0.366 e. The van der Waals surface area contributed by atoms with E-state index in [-0.39, 0.29) is 5.52 Å². The SMILES string of the molecule is CC1C2CCC(CC2)C1Nc1nc(-c2c[nH]c3c(F)cc(F)cc23)nc2c(C3CC3)cccc12. The highest BCUT2D eigenvalue weighted by Crippen LogP contribution is 2.47. The molecule has 0 radical (unpaired) electrons. The molecule has 174 valence electrons. The quantitative estimate of drug-likeness (QED) is 0.341. The van der Waals surface area contributed by atoms with Gasteiger partial charge in [0.2, 0.25) is 0 Å². The summed E-state index contributed by atoms with van der Waals surface area (Å²) in [6.07, 6.45) is 9.26. The molecule has 4 aromatic rings. The molecule has 6 heteroatoms. The maximum atomic E-state index is 14.4. The van der Waals surface area contributed by atoms with Crippen molar-refractivity contribution < 1.29 is 8.78 Å². The Bertz CT molecular complexity index is 1410. The lowest BCUT2D eigenvalue weighted by Crippen LogP contribution is -2.47. The Morgan fingerprint density at radius 3 is 2.50 bits per heavy atom. The van der Waals surface area contributed by atoms with E-state index in [0.29, 0.717) is 40.6 Å². The summed E-state index contributed by atoms with van der Waals surface area (Å²) in [4.78, 5) is 13.0. The third-order valence-electron chi connectivity index (χ3n) is 8.66. The molecule has 4 aliphatic rings. The fourth-order valence-electron chi connectivity index (χ4n) is 6.63. The normalized spacial score (nSPS) is 26.4. The standard InChI is InChI=1S/C28H28F2N4/c1-14-15-5-9-17(10-6-15)24(14)32-27-20-4-2-3-19(16-7-8-16)25(20)33-28(34-27)22-13-31-26-21(22)11-18(29)12-23(26)30/h2-4,11-17,24,31H,5-10H2,1H3,(H,32,33,34). The number of anilines is 1. The Balaban J connectivity index is 1.41. The molecule has 2 aromatic carbocycles. The summed E-state index contributed by atoms with van der Waals surface area (Å²) in [5.74, 6) is 2.71. The van der Waals surface area contributed by atoms with E-state index in [9.17, 15) is 8.78 Å². The first kappa shape index (κ1) is 20.4. The van der Waals surface area contributed by atoms with Gasteiger partial charge in [0.15, 0.2) is 5.82 Å². The van der Waals surface area contributed by atoms with Crippen LogP contribution in [0, 0.1) is 29.4 Å². The van der Waals surface area contributed by atoms with Crippen LogP contribution >= 0.6 is 0 Å². The number of rotatable bonds is 4. The zero-order chi connectivity index (χ0) is 23.0. The number of nitrogens with one attached hydrogen (secondary N) is 2. The number of hydrogen-bond acceptors (Lipinski definition) is 3. The van der Waals surface area contributed by atoms with Gasteiger partial charge in [0, 0.05) is 34.6 Å². The number of hydrogen-bond donors (Lipinski definition) is 2. The lowest BCUT2D eigenvalue weighted by atomic mass is 9.62. The van der Waals surface area contributed by atoms with Crippen molar-refractivity contribution in [2.45, 2.75) is 57.4 Å². The minimum atomic E-state index is -0.605. The second-order valence-corrected chi connectivity index (χ2v) is 10.6. The zero-order valence-corrected chi connectivity index (χ0v) is 19.2. The van der Waals surface area contributed by atoms with E-state index < -0.39 is 11.6 Å². The molecular weight excluding hydrogens is 430 g/mol. The average molecular weight is 459 g/mol. The Morgan fingerprint density at radius 1 is 0.941 bits per heavy atom. The molecule has 0 amide bonds. The molecule has 2 N–H and O–H groups in total. The molecule has 2 unspecified atom stereocenters. The van der Waals surface area contributed by atoms with E-state index in [1.54, 1.807) is 6.20 Å². The van der Waals surface area contributed by atoms with Crippen molar-refractivity contribution in [3.05, 3.63) is 53.7 Å². The molecule has 4 fully saturated rings. The van der Waals surface area contributed by atoms with Crippen molar-refractivity contribution in [1.82, 2.24) is 15.0 Å². The smallest absolute Gasteiger partial charge is 0.164 e. The van der Waals surface area contributed by atoms with Gasteiger partial charge >= 0.3 is 0 Å². The van der Waals surface area contributed by atoms with Crippen molar-refractivity contribution in [2.24, 2.45) is 17.8 Å². The Hall–Kier alpha value is -3.02. The third-order valence-corrected chi connectivity index (χ3v) is 8.66. The van der Waals surface area contributed by atoms with Crippen LogP contribution in [0.2, 0.25) is 0 Å². The maximum Gasteiger partial charge on any atom is 0.164 e. The number of aromatic amines is 1. The molecule has 2 bridgehead atoms. The van der Waals surface area contributed by atoms with Crippen LogP contribution < -0.4 is 5.32 Å². The lowest BCUT2D eigenvalue weighted by molar-refractivity contribution is 0.0929. The summed E-state index contributed by atoms with van der Waals surface area (Å²) in [5.41, 5.74) is 3.11. The Morgan fingerprint density at radius 2 is 1.74 bits per heavy atom. The predicted octanol–water partition coefficient (Wildman–Crippen LogP) is 7.17. The van der Waals surface area contributed by atoms with Gasteiger partial charge in [-0.2, -0.15) is 0 Å². The molecule has 4 aliphatic carbocycles. The molecule has 34 heavy (non-hydrogen) atoms. The van der Waals surface area contributed by atoms with E-state index >= 15 is 0 Å². The number of fused-ring (bicyclic) bond motifs is 5. The van der Waals surface area contributed by atoms with Crippen LogP contribution in [0.4, 0.5) is 14.6 Å². The van der Waals surface area contributed by atoms with Gasteiger partial charge < -0.3 is 10.3 Å². The lowest BCUT2D eigenvalue weighted by Gasteiger charge is -2.47. The predicted molar refractivity (Wildman–Crippen MR) is 131 cm³/mol. The summed E-state index contributed by atoms with van der Waals surface area (Å²) in [6.45, 7) is 2.37. The van der Waals surface area contributed by atoms with Gasteiger partial charge in [-0.3, -0.25) is 0 Å². The number of H-pyrrole nitrogens is 1. The number of para-hydroxylation sites is 1. The van der Waals surface area contributed by atoms with Crippen LogP contribution in [0.3, 0.4) is 0 Å². The molecule has 4 saturated carbocycles. The van der Waals surface area contributed by atoms with E-state index in [1.165, 1.54) is 50.2 Å². The van der Waals surface area contributed by atoms with Crippen molar-refractivity contribution >= 4 is 27.6 Å². The van der Waals surface area contributed by atoms with E-state index in [1.807, 2.05) is 0 Å². The van der Waals surface area contributed by atoms with Gasteiger partial charge in [0.1, 0.15) is 17.5 Å². The van der Waals surface area contributed by atoms with Crippen molar-refractivity contribution in [2.75, 3.05) is 5.32 Å². The Labute approximate surface area is 197 Å². The maximum absolute atomic E-state index is 14.4. The first-order valence-corrected chi connectivity index (χ1v) is 12.6. The van der Waals surface area contributed by atoms with Gasteiger partial charge in [0.05, 0.1) is 11.0 Å². The first-order valence-electron chi connectivity index (χ1n) is 12.6. The molecule has 0 spiro atoms. The molecule has 8 rings (SSSR count). The van der Waals surface area contributed by atoms with Crippen LogP contribution in [-0.4, -0.2) is 21.0 Å². The summed E-state index contributed by atoms with van der Waals surface area (Å²) in [5, 5.41) is 5.37. The summed E-state index contributed by atoms with van der Waals surface area (Å²) in [7, 11) is 0. The fourth-order valence-corrected chi connectivity index (χ4v) is 6.63. The highest BCUT2D eigenvalue weighted by Gasteiger charge is 2.41. The molecular formula is C28H28F2N4. The number of benzene rings is 2. The van der Waals surface area contributed by atoms with Gasteiger partial charge in [0.25, 0.3) is 0 Å². The van der Waals surface area contributed by atoms with E-state index in [0.717, 1.165) is 28.7 Å². The third kappa shape index (κ3) is 3.14. The summed E-state index contributed by atoms with van der Waals surface area (Å²) in [6, 6.07) is 9.04. The molecule has 2 heterocycles. The molecule has 2 atom stereocenters. The molecule has 2 aromatic heterocycles.